The van der Waals surface area contributed by atoms with E-state index in [0.717, 1.165) is 25.7 Å². The van der Waals surface area contributed by atoms with E-state index in [1.54, 1.807) is 0 Å². The SMILES string of the molecule is CCCCC/C=C\C/C=C\CCCCCCCCCCCCCCCC(=O)OCC(O)COP(=O)(O)OCC(NC(=O)CC)C(=O)O. The Kier molecular flexibility index (Phi) is 29.9. The van der Waals surface area contributed by atoms with E-state index in [2.05, 4.69) is 45.6 Å². The number of hydrogen-bond acceptors (Lipinski definition) is 8. The summed E-state index contributed by atoms with van der Waals surface area (Å²) in [5.41, 5.74) is 0. The summed E-state index contributed by atoms with van der Waals surface area (Å²) in [6.45, 7) is 1.86. The molecule has 3 unspecified atom stereocenters. The molecular formula is C35H64NO10P. The lowest BCUT2D eigenvalue weighted by Gasteiger charge is -2.18. The van der Waals surface area contributed by atoms with Gasteiger partial charge in [-0.3, -0.25) is 18.6 Å². The van der Waals surface area contributed by atoms with Crippen molar-refractivity contribution in [3.8, 4) is 0 Å². The van der Waals surface area contributed by atoms with Crippen LogP contribution in [-0.2, 0) is 32.7 Å². The van der Waals surface area contributed by atoms with Gasteiger partial charge in [-0.05, 0) is 38.5 Å². The molecule has 0 spiro atoms. The number of rotatable bonds is 33. The summed E-state index contributed by atoms with van der Waals surface area (Å²) >= 11 is 0. The van der Waals surface area contributed by atoms with E-state index in [9.17, 15) is 28.9 Å². The molecule has 0 radical (unpaired) electrons. The Bertz CT molecular complexity index is 911. The summed E-state index contributed by atoms with van der Waals surface area (Å²) < 4.78 is 26.2. The van der Waals surface area contributed by atoms with Crippen molar-refractivity contribution in [2.45, 2.75) is 161 Å². The van der Waals surface area contributed by atoms with Crippen molar-refractivity contribution >= 4 is 25.7 Å². The molecule has 47 heavy (non-hydrogen) atoms. The van der Waals surface area contributed by atoms with Gasteiger partial charge < -0.3 is 25.2 Å². The van der Waals surface area contributed by atoms with Gasteiger partial charge in [0.15, 0.2) is 6.04 Å². The highest BCUT2D eigenvalue weighted by molar-refractivity contribution is 7.47. The number of nitrogens with one attached hydrogen (secondary N) is 1. The molecule has 1 amide bonds. The van der Waals surface area contributed by atoms with E-state index < -0.39 is 57.6 Å². The molecule has 4 N–H and O–H groups in total. The number of phosphoric acid groups is 1. The zero-order chi connectivity index (χ0) is 35.0. The van der Waals surface area contributed by atoms with Crippen LogP contribution in [0.4, 0.5) is 0 Å². The molecule has 3 atom stereocenters. The molecule has 12 heteroatoms. The monoisotopic (exact) mass is 689 g/mol. The second-order valence-corrected chi connectivity index (χ2v) is 13.5. The number of aliphatic hydroxyl groups excluding tert-OH is 1. The summed E-state index contributed by atoms with van der Waals surface area (Å²) in [4.78, 5) is 44.1. The van der Waals surface area contributed by atoms with Gasteiger partial charge >= 0.3 is 19.8 Å². The maximum Gasteiger partial charge on any atom is 0.472 e. The Morgan fingerprint density at radius 2 is 1.19 bits per heavy atom. The first-order valence-corrected chi connectivity index (χ1v) is 19.4. The van der Waals surface area contributed by atoms with Crippen molar-refractivity contribution in [1.82, 2.24) is 5.32 Å². The van der Waals surface area contributed by atoms with E-state index in [4.69, 9.17) is 9.84 Å². The minimum Gasteiger partial charge on any atom is -0.480 e. The van der Waals surface area contributed by atoms with Crippen LogP contribution in [0.3, 0.4) is 0 Å². The van der Waals surface area contributed by atoms with Crippen LogP contribution < -0.4 is 5.32 Å². The Labute approximate surface area is 283 Å². The summed E-state index contributed by atoms with van der Waals surface area (Å²) in [6, 6.07) is -1.54. The first-order chi connectivity index (χ1) is 22.6. The summed E-state index contributed by atoms with van der Waals surface area (Å²) in [6.07, 6.45) is 31.0. The van der Waals surface area contributed by atoms with E-state index in [1.165, 1.54) is 96.8 Å². The van der Waals surface area contributed by atoms with Gasteiger partial charge in [-0.1, -0.05) is 122 Å². The van der Waals surface area contributed by atoms with Gasteiger partial charge in [0.05, 0.1) is 13.2 Å². The standard InChI is InChI=1S/C35H64NO10P/c1-3-5-6-7-8-9-10-11-12-13-14-15-16-17-18-19-20-21-22-23-24-25-26-27-34(39)44-28-31(37)29-45-47(42,43)46-30-32(35(40)41)36-33(38)4-2/h8-9,11-12,31-32,37H,3-7,10,13-30H2,1-2H3,(H,36,38)(H,40,41)(H,42,43)/b9-8-,12-11-. The third-order valence-corrected chi connectivity index (χ3v) is 8.51. The zero-order valence-corrected chi connectivity index (χ0v) is 30.0. The van der Waals surface area contributed by atoms with Crippen molar-refractivity contribution in [2.75, 3.05) is 19.8 Å². The molecule has 0 aromatic carbocycles. The lowest BCUT2D eigenvalue weighted by Crippen LogP contribution is -2.43. The number of aliphatic hydroxyl groups is 1. The third kappa shape index (κ3) is 31.0. The topological polar surface area (TPSA) is 169 Å². The number of unbranched alkanes of at least 4 members (excludes halogenated alkanes) is 16. The van der Waals surface area contributed by atoms with Crippen LogP contribution in [0.2, 0.25) is 0 Å². The number of carboxylic acid groups (broad SMARTS) is 1. The van der Waals surface area contributed by atoms with Crippen LogP contribution in [0.15, 0.2) is 24.3 Å². The number of aliphatic carboxylic acids is 1. The van der Waals surface area contributed by atoms with E-state index in [1.807, 2.05) is 0 Å². The number of amides is 1. The lowest BCUT2D eigenvalue weighted by atomic mass is 10.0. The van der Waals surface area contributed by atoms with Gasteiger partial charge in [0, 0.05) is 12.8 Å². The summed E-state index contributed by atoms with van der Waals surface area (Å²) in [5.74, 6) is -2.49. The van der Waals surface area contributed by atoms with Gasteiger partial charge in [0.25, 0.3) is 0 Å². The number of phosphoric ester groups is 1. The Balaban J connectivity index is 3.62. The minimum absolute atomic E-state index is 0.0273. The molecule has 0 aromatic rings. The Morgan fingerprint density at radius 1 is 0.702 bits per heavy atom. The first-order valence-electron chi connectivity index (χ1n) is 17.9. The molecule has 11 nitrogen and oxygen atoms in total. The van der Waals surface area contributed by atoms with Crippen molar-refractivity contribution in [1.29, 1.82) is 0 Å². The van der Waals surface area contributed by atoms with E-state index in [0.29, 0.717) is 6.42 Å². The third-order valence-electron chi connectivity index (χ3n) is 7.56. The molecule has 0 aliphatic heterocycles. The minimum atomic E-state index is -4.71. The molecule has 0 bridgehead atoms. The van der Waals surface area contributed by atoms with Crippen LogP contribution in [0.5, 0.6) is 0 Å². The average molecular weight is 690 g/mol. The van der Waals surface area contributed by atoms with Gasteiger partial charge in [-0.25, -0.2) is 9.36 Å². The van der Waals surface area contributed by atoms with Gasteiger partial charge in [-0.2, -0.15) is 0 Å². The fraction of sp³-hybridized carbons (Fsp3) is 0.800. The quantitative estimate of drug-likeness (QED) is 0.0230. The Hall–Kier alpha value is -2.04. The van der Waals surface area contributed by atoms with Crippen LogP contribution >= 0.6 is 7.82 Å². The fourth-order valence-electron chi connectivity index (χ4n) is 4.66. The van der Waals surface area contributed by atoms with Gasteiger partial charge in [-0.15, -0.1) is 0 Å². The largest absolute Gasteiger partial charge is 0.480 e. The molecule has 0 aliphatic rings. The van der Waals surface area contributed by atoms with Crippen LogP contribution in [0, 0.1) is 0 Å². The normalized spacial score (nSPS) is 14.3. The maximum absolute atomic E-state index is 11.9. The number of carbonyl (C=O) groups excluding carboxylic acids is 2. The molecule has 0 aliphatic carbocycles. The molecule has 0 rings (SSSR count). The molecule has 274 valence electrons. The maximum atomic E-state index is 11.9. The molecule has 0 heterocycles. The Morgan fingerprint density at radius 3 is 1.70 bits per heavy atom. The number of carboxylic acids is 1. The van der Waals surface area contributed by atoms with Gasteiger partial charge in [0.2, 0.25) is 5.91 Å². The molecular weight excluding hydrogens is 625 g/mol. The number of allylic oxidation sites excluding steroid dienone is 4. The number of hydrogen-bond donors (Lipinski definition) is 4. The number of carbonyl (C=O) groups is 3. The number of esters is 1. The lowest BCUT2D eigenvalue weighted by molar-refractivity contribution is -0.147. The average Bonchev–Trinajstić information content (AvgIpc) is 3.04. The predicted octanol–water partition coefficient (Wildman–Crippen LogP) is 7.94. The van der Waals surface area contributed by atoms with Crippen molar-refractivity contribution in [2.24, 2.45) is 0 Å². The summed E-state index contributed by atoms with van der Waals surface area (Å²) in [5, 5.41) is 21.1. The predicted molar refractivity (Wildman–Crippen MR) is 185 cm³/mol. The number of ether oxygens (including phenoxy) is 1. The fourth-order valence-corrected chi connectivity index (χ4v) is 5.43. The highest BCUT2D eigenvalue weighted by atomic mass is 31.2. The van der Waals surface area contributed by atoms with Crippen molar-refractivity contribution in [3.63, 3.8) is 0 Å². The van der Waals surface area contributed by atoms with Crippen molar-refractivity contribution in [3.05, 3.63) is 24.3 Å². The van der Waals surface area contributed by atoms with E-state index in [-0.39, 0.29) is 12.8 Å². The van der Waals surface area contributed by atoms with Gasteiger partial charge in [0.1, 0.15) is 12.7 Å². The first kappa shape index (κ1) is 45.0. The highest BCUT2D eigenvalue weighted by Crippen LogP contribution is 2.43. The van der Waals surface area contributed by atoms with E-state index >= 15 is 0 Å². The second kappa shape index (κ2) is 31.2. The molecule has 0 fully saturated rings. The second-order valence-electron chi connectivity index (χ2n) is 12.0. The summed E-state index contributed by atoms with van der Waals surface area (Å²) in [7, 11) is -4.71. The molecule has 0 aromatic heterocycles. The smallest absolute Gasteiger partial charge is 0.472 e. The van der Waals surface area contributed by atoms with Crippen LogP contribution in [0.25, 0.3) is 0 Å². The van der Waals surface area contributed by atoms with Crippen LogP contribution in [-0.4, -0.2) is 64.9 Å². The highest BCUT2D eigenvalue weighted by Gasteiger charge is 2.28. The van der Waals surface area contributed by atoms with Crippen molar-refractivity contribution < 1.29 is 47.8 Å². The van der Waals surface area contributed by atoms with Crippen LogP contribution in [0.1, 0.15) is 149 Å². The molecule has 0 saturated carbocycles. The molecule has 0 saturated heterocycles. The zero-order valence-electron chi connectivity index (χ0n) is 29.1.